The van der Waals surface area contributed by atoms with Crippen molar-refractivity contribution in [2.45, 2.75) is 50.2 Å². The molecule has 11 nitrogen and oxygen atoms in total. The van der Waals surface area contributed by atoms with Crippen molar-refractivity contribution >= 4 is 21.9 Å². The zero-order valence-electron chi connectivity index (χ0n) is 16.9. The van der Waals surface area contributed by atoms with Crippen LogP contribution in [0.1, 0.15) is 19.8 Å². The Kier molecular flexibility index (Phi) is 6.09. The predicted molar refractivity (Wildman–Crippen MR) is 105 cm³/mol. The number of carbonyl (C=O) groups excluding carboxylic acids is 1. The maximum absolute atomic E-state index is 11.6. The van der Waals surface area contributed by atoms with Gasteiger partial charge in [-0.05, 0) is 12.8 Å². The third-order valence-corrected chi connectivity index (χ3v) is 6.74. The fourth-order valence-electron chi connectivity index (χ4n) is 3.99. The summed E-state index contributed by atoms with van der Waals surface area (Å²) in [7, 11) is -3.16. The molecule has 4 rings (SSSR count). The molecule has 12 heteroatoms. The molecule has 3 fully saturated rings. The fraction of sp³-hybridized carbons (Fsp3) is 0.722. The number of hydrogen-bond acceptors (Lipinski definition) is 10. The van der Waals surface area contributed by atoms with E-state index in [0.29, 0.717) is 44.4 Å². The van der Waals surface area contributed by atoms with Crippen molar-refractivity contribution in [3.8, 4) is 5.88 Å². The van der Waals surface area contributed by atoms with Crippen molar-refractivity contribution in [3.05, 3.63) is 12.3 Å². The third-order valence-electron chi connectivity index (χ3n) is 5.44. The van der Waals surface area contributed by atoms with E-state index in [-0.39, 0.29) is 36.9 Å². The molecule has 0 aromatic carbocycles. The molecular formula is C18H26N4O7S. The molecule has 30 heavy (non-hydrogen) atoms. The molecule has 4 atom stereocenters. The van der Waals surface area contributed by atoms with Gasteiger partial charge in [0.05, 0.1) is 19.5 Å². The highest BCUT2D eigenvalue weighted by molar-refractivity contribution is 7.88. The summed E-state index contributed by atoms with van der Waals surface area (Å²) in [6.45, 7) is 2.88. The smallest absolute Gasteiger partial charge is 0.303 e. The van der Waals surface area contributed by atoms with Crippen LogP contribution in [0.3, 0.4) is 0 Å². The SMILES string of the molecule is CC(=O)O[C@H]1CO[C@@H]2C(Oc3ccnc(NC4CCN(S(C)(=O)=O)CC4)n3)CO[C@H]12. The minimum atomic E-state index is -3.16. The standard InChI is InChI=1S/C18H26N4O7S/c1-11(23)28-13-9-26-17-14(10-27-16(13)17)29-15-3-6-19-18(21-15)20-12-4-7-22(8-5-12)30(2,24)25/h3,6,12-14,16-17H,4-5,7-10H2,1-2H3,(H,19,20,21)/t13-,14?,16+,17+/m0/s1. The normalized spacial score (nSPS) is 30.1. The van der Waals surface area contributed by atoms with Crippen molar-refractivity contribution in [1.29, 1.82) is 0 Å². The van der Waals surface area contributed by atoms with E-state index in [9.17, 15) is 13.2 Å². The van der Waals surface area contributed by atoms with Crippen LogP contribution in [0, 0.1) is 0 Å². The van der Waals surface area contributed by atoms with E-state index in [2.05, 4.69) is 15.3 Å². The summed E-state index contributed by atoms with van der Waals surface area (Å²) < 4.78 is 47.4. The summed E-state index contributed by atoms with van der Waals surface area (Å²) >= 11 is 0. The second kappa shape index (κ2) is 8.61. The van der Waals surface area contributed by atoms with E-state index in [0.717, 1.165) is 0 Å². The van der Waals surface area contributed by atoms with E-state index < -0.39 is 16.1 Å². The Morgan fingerprint density at radius 2 is 1.87 bits per heavy atom. The summed E-state index contributed by atoms with van der Waals surface area (Å²) in [5, 5.41) is 3.25. The molecule has 0 bridgehead atoms. The van der Waals surface area contributed by atoms with Crippen LogP contribution in [-0.2, 0) is 29.0 Å². The molecule has 0 saturated carbocycles. The van der Waals surface area contributed by atoms with Gasteiger partial charge in [0.2, 0.25) is 21.9 Å². The molecule has 1 aromatic heterocycles. The molecule has 0 spiro atoms. The fourth-order valence-corrected chi connectivity index (χ4v) is 4.87. The summed E-state index contributed by atoms with van der Waals surface area (Å²) in [6.07, 6.45) is 2.70. The zero-order chi connectivity index (χ0) is 21.3. The van der Waals surface area contributed by atoms with Gasteiger partial charge in [0.15, 0.2) is 12.2 Å². The van der Waals surface area contributed by atoms with Crippen molar-refractivity contribution in [3.63, 3.8) is 0 Å². The second-order valence-corrected chi connectivity index (χ2v) is 9.68. The van der Waals surface area contributed by atoms with Gasteiger partial charge in [-0.1, -0.05) is 0 Å². The largest absolute Gasteiger partial charge is 0.469 e. The number of nitrogens with one attached hydrogen (secondary N) is 1. The lowest BCUT2D eigenvalue weighted by atomic mass is 10.1. The van der Waals surface area contributed by atoms with E-state index in [1.54, 1.807) is 12.3 Å². The molecule has 166 valence electrons. The van der Waals surface area contributed by atoms with E-state index >= 15 is 0 Å². The molecule has 0 radical (unpaired) electrons. The Bertz CT molecular complexity index is 875. The molecule has 1 N–H and O–H groups in total. The number of sulfonamides is 1. The molecule has 3 aliphatic heterocycles. The number of hydrogen-bond donors (Lipinski definition) is 1. The summed E-state index contributed by atoms with van der Waals surface area (Å²) in [6, 6.07) is 1.74. The third kappa shape index (κ3) is 4.82. The lowest BCUT2D eigenvalue weighted by molar-refractivity contribution is -0.150. The highest BCUT2D eigenvalue weighted by atomic mass is 32.2. The summed E-state index contributed by atoms with van der Waals surface area (Å²) in [5.41, 5.74) is 0. The first kappa shape index (κ1) is 21.2. The van der Waals surface area contributed by atoms with Crippen molar-refractivity contribution in [2.24, 2.45) is 0 Å². The molecule has 1 unspecified atom stereocenters. The number of carbonyl (C=O) groups is 1. The Labute approximate surface area is 175 Å². The number of ether oxygens (including phenoxy) is 4. The maximum atomic E-state index is 11.6. The first-order valence-electron chi connectivity index (χ1n) is 9.91. The monoisotopic (exact) mass is 442 g/mol. The molecule has 0 aliphatic carbocycles. The highest BCUT2D eigenvalue weighted by Crippen LogP contribution is 2.31. The van der Waals surface area contributed by atoms with Gasteiger partial charge in [-0.2, -0.15) is 4.98 Å². The minimum Gasteiger partial charge on any atom is -0.469 e. The van der Waals surface area contributed by atoms with Crippen LogP contribution >= 0.6 is 0 Å². The molecule has 1 aromatic rings. The van der Waals surface area contributed by atoms with Gasteiger partial charge in [0.25, 0.3) is 0 Å². The lowest BCUT2D eigenvalue weighted by Gasteiger charge is -2.30. The van der Waals surface area contributed by atoms with Gasteiger partial charge < -0.3 is 24.3 Å². The summed E-state index contributed by atoms with van der Waals surface area (Å²) in [5.74, 6) is 0.437. The van der Waals surface area contributed by atoms with Crippen LogP contribution in [0.25, 0.3) is 0 Å². The van der Waals surface area contributed by atoms with Crippen LogP contribution in [0.4, 0.5) is 5.95 Å². The Hall–Kier alpha value is -2.02. The van der Waals surface area contributed by atoms with Crippen LogP contribution < -0.4 is 10.1 Å². The van der Waals surface area contributed by atoms with Gasteiger partial charge in [-0.3, -0.25) is 4.79 Å². The van der Waals surface area contributed by atoms with Crippen LogP contribution in [-0.4, -0.2) is 91.7 Å². The average Bonchev–Trinajstić information content (AvgIpc) is 3.25. The van der Waals surface area contributed by atoms with Crippen LogP contribution in [0.15, 0.2) is 12.3 Å². The van der Waals surface area contributed by atoms with E-state index in [4.69, 9.17) is 18.9 Å². The predicted octanol–water partition coefficient (Wildman–Crippen LogP) is -0.211. The quantitative estimate of drug-likeness (QED) is 0.591. The Morgan fingerprint density at radius 3 is 2.53 bits per heavy atom. The maximum Gasteiger partial charge on any atom is 0.303 e. The number of rotatable bonds is 6. The topological polar surface area (TPSA) is 129 Å². The van der Waals surface area contributed by atoms with Crippen molar-refractivity contribution < 1.29 is 32.2 Å². The second-order valence-electron chi connectivity index (χ2n) is 7.70. The average molecular weight is 442 g/mol. The highest BCUT2D eigenvalue weighted by Gasteiger charge is 2.50. The number of nitrogens with zero attached hydrogens (tertiary/aromatic N) is 3. The van der Waals surface area contributed by atoms with Gasteiger partial charge in [0, 0.05) is 38.3 Å². The van der Waals surface area contributed by atoms with E-state index in [1.807, 2.05) is 0 Å². The molecule has 0 amide bonds. The molecule has 4 heterocycles. The number of anilines is 1. The van der Waals surface area contributed by atoms with Crippen LogP contribution in [0.2, 0.25) is 0 Å². The van der Waals surface area contributed by atoms with Gasteiger partial charge in [0.1, 0.15) is 12.2 Å². The van der Waals surface area contributed by atoms with Crippen LogP contribution in [0.5, 0.6) is 5.88 Å². The first-order chi connectivity index (χ1) is 14.3. The van der Waals surface area contributed by atoms with Crippen molar-refractivity contribution in [1.82, 2.24) is 14.3 Å². The first-order valence-corrected chi connectivity index (χ1v) is 11.8. The minimum absolute atomic E-state index is 0.0834. The molecule has 3 aliphatic rings. The number of aromatic nitrogens is 2. The summed E-state index contributed by atoms with van der Waals surface area (Å²) in [4.78, 5) is 19.8. The molecular weight excluding hydrogens is 416 g/mol. The Morgan fingerprint density at radius 1 is 1.20 bits per heavy atom. The van der Waals surface area contributed by atoms with Gasteiger partial charge >= 0.3 is 5.97 Å². The molecule has 3 saturated heterocycles. The lowest BCUT2D eigenvalue weighted by Crippen LogP contribution is -2.42. The van der Waals surface area contributed by atoms with E-state index in [1.165, 1.54) is 17.5 Å². The Balaban J connectivity index is 1.32. The van der Waals surface area contributed by atoms with Gasteiger partial charge in [-0.15, -0.1) is 0 Å². The zero-order valence-corrected chi connectivity index (χ0v) is 17.7. The number of fused-ring (bicyclic) bond motifs is 1. The number of esters is 1. The van der Waals surface area contributed by atoms with Crippen molar-refractivity contribution in [2.75, 3.05) is 37.9 Å². The number of piperidine rings is 1. The van der Waals surface area contributed by atoms with Gasteiger partial charge in [-0.25, -0.2) is 17.7 Å².